The van der Waals surface area contributed by atoms with Gasteiger partial charge in [-0.3, -0.25) is 9.11 Å². The molecule has 0 aromatic heterocycles. The van der Waals surface area contributed by atoms with Gasteiger partial charge in [0.15, 0.2) is 5.75 Å². The van der Waals surface area contributed by atoms with Gasteiger partial charge < -0.3 is 5.11 Å². The monoisotopic (exact) mass is 458 g/mol. The third kappa shape index (κ3) is 3.86. The maximum absolute atomic E-state index is 12.0. The van der Waals surface area contributed by atoms with Crippen LogP contribution in [0.3, 0.4) is 0 Å². The first-order chi connectivity index (χ1) is 14.6. The highest BCUT2D eigenvalue weighted by molar-refractivity contribution is 7.86. The summed E-state index contributed by atoms with van der Waals surface area (Å²) in [6, 6.07) is 16.7. The van der Waals surface area contributed by atoms with E-state index in [1.165, 1.54) is 12.1 Å². The summed E-state index contributed by atoms with van der Waals surface area (Å²) in [5.41, 5.74) is -0.512. The van der Waals surface area contributed by atoms with Gasteiger partial charge >= 0.3 is 0 Å². The second kappa shape index (κ2) is 7.39. The quantitative estimate of drug-likeness (QED) is 0.298. The number of aromatic hydroxyl groups is 1. The van der Waals surface area contributed by atoms with Crippen LogP contribution >= 0.6 is 0 Å². The van der Waals surface area contributed by atoms with Gasteiger partial charge in [-0.15, -0.1) is 10.2 Å². The van der Waals surface area contributed by atoms with Gasteiger partial charge in [-0.05, 0) is 22.9 Å². The van der Waals surface area contributed by atoms with Crippen LogP contribution in [0.4, 0.5) is 11.4 Å². The topological polar surface area (TPSA) is 154 Å². The number of azo groups is 1. The van der Waals surface area contributed by atoms with Crippen molar-refractivity contribution in [2.24, 2.45) is 10.2 Å². The number of phenols is 1. The van der Waals surface area contributed by atoms with E-state index in [1.807, 2.05) is 0 Å². The maximum atomic E-state index is 12.0. The zero-order valence-corrected chi connectivity index (χ0v) is 17.2. The van der Waals surface area contributed by atoms with Crippen molar-refractivity contribution in [3.05, 3.63) is 66.7 Å². The fourth-order valence-corrected chi connectivity index (χ4v) is 4.73. The standard InChI is InChI=1S/C20H14N2O7S2/c23-19-17(30(24,25)26)11-13-6-2-3-7-14(13)18(19)22-21-16-10-9-12-5-1-4-8-15(12)20(16)31(27,28)29/h1-11,23H,(H,24,25,26)(H,27,28,29). The Morgan fingerprint density at radius 3 is 1.94 bits per heavy atom. The van der Waals surface area contributed by atoms with Crippen molar-refractivity contribution in [3.63, 3.8) is 0 Å². The predicted octanol–water partition coefficient (Wildman–Crippen LogP) is 4.61. The predicted molar refractivity (Wildman–Crippen MR) is 113 cm³/mol. The molecule has 11 heteroatoms. The molecule has 31 heavy (non-hydrogen) atoms. The van der Waals surface area contributed by atoms with Crippen LogP contribution in [0.2, 0.25) is 0 Å². The summed E-state index contributed by atoms with van der Waals surface area (Å²) in [6.07, 6.45) is 0. The van der Waals surface area contributed by atoms with Crippen molar-refractivity contribution in [2.75, 3.05) is 0 Å². The molecule has 3 N–H and O–H groups in total. The summed E-state index contributed by atoms with van der Waals surface area (Å²) < 4.78 is 66.6. The van der Waals surface area contributed by atoms with Gasteiger partial charge in [0.05, 0.1) is 0 Å². The molecule has 0 spiro atoms. The molecule has 0 unspecified atom stereocenters. The molecule has 0 saturated carbocycles. The van der Waals surface area contributed by atoms with Gasteiger partial charge in [0.2, 0.25) is 0 Å². The Bertz CT molecular complexity index is 1600. The summed E-state index contributed by atoms with van der Waals surface area (Å²) in [5.74, 6) is -0.848. The van der Waals surface area contributed by atoms with E-state index in [9.17, 15) is 31.0 Å². The van der Waals surface area contributed by atoms with Crippen molar-refractivity contribution >= 4 is 53.2 Å². The zero-order chi connectivity index (χ0) is 22.4. The highest BCUT2D eigenvalue weighted by Gasteiger charge is 2.23. The number of nitrogens with zero attached hydrogens (tertiary/aromatic N) is 2. The van der Waals surface area contributed by atoms with Gasteiger partial charge in [-0.2, -0.15) is 16.8 Å². The summed E-state index contributed by atoms with van der Waals surface area (Å²) in [4.78, 5) is -1.25. The third-order valence-electron chi connectivity index (χ3n) is 4.61. The second-order valence-corrected chi connectivity index (χ2v) is 9.33. The van der Waals surface area contributed by atoms with Gasteiger partial charge in [0.25, 0.3) is 20.2 Å². The fourth-order valence-electron chi connectivity index (χ4n) is 3.28. The Morgan fingerprint density at radius 1 is 0.677 bits per heavy atom. The van der Waals surface area contributed by atoms with Gasteiger partial charge in [0, 0.05) is 10.8 Å². The molecule has 0 amide bonds. The minimum absolute atomic E-state index is 0.210. The first-order valence-corrected chi connectivity index (χ1v) is 11.6. The van der Waals surface area contributed by atoms with Crippen LogP contribution in [0.15, 0.2) is 86.7 Å². The molecule has 4 aromatic rings. The molecule has 0 aliphatic rings. The molecule has 4 aromatic carbocycles. The van der Waals surface area contributed by atoms with Gasteiger partial charge in [-0.1, -0.05) is 54.6 Å². The highest BCUT2D eigenvalue weighted by Crippen LogP contribution is 2.42. The molecule has 0 aliphatic heterocycles. The molecule has 158 valence electrons. The average molecular weight is 458 g/mol. The molecule has 0 saturated heterocycles. The zero-order valence-electron chi connectivity index (χ0n) is 15.5. The molecule has 0 aliphatic carbocycles. The lowest BCUT2D eigenvalue weighted by Gasteiger charge is -2.09. The third-order valence-corrected chi connectivity index (χ3v) is 6.42. The van der Waals surface area contributed by atoms with Crippen molar-refractivity contribution in [1.82, 2.24) is 0 Å². The SMILES string of the molecule is O=S(=O)(O)c1cc2ccccc2c(N=Nc2ccc3ccccc3c2S(=O)(=O)O)c1O. The largest absolute Gasteiger partial charge is 0.504 e. The van der Waals surface area contributed by atoms with E-state index in [4.69, 9.17) is 0 Å². The van der Waals surface area contributed by atoms with E-state index in [1.54, 1.807) is 48.5 Å². The first kappa shape index (κ1) is 20.9. The molecule has 0 radical (unpaired) electrons. The lowest BCUT2D eigenvalue weighted by Crippen LogP contribution is -2.00. The molecule has 0 atom stereocenters. The van der Waals surface area contributed by atoms with Crippen molar-refractivity contribution in [3.8, 4) is 5.75 Å². The summed E-state index contributed by atoms with van der Waals surface area (Å²) in [7, 11) is -9.48. The summed E-state index contributed by atoms with van der Waals surface area (Å²) >= 11 is 0. The number of rotatable bonds is 4. The lowest BCUT2D eigenvalue weighted by molar-refractivity contribution is 0.445. The van der Waals surface area contributed by atoms with E-state index in [-0.39, 0.29) is 16.8 Å². The smallest absolute Gasteiger partial charge is 0.298 e. The van der Waals surface area contributed by atoms with E-state index < -0.39 is 35.8 Å². The van der Waals surface area contributed by atoms with E-state index in [2.05, 4.69) is 10.2 Å². The van der Waals surface area contributed by atoms with E-state index in [0.717, 1.165) is 6.07 Å². The Labute approximate surface area is 176 Å². The highest BCUT2D eigenvalue weighted by atomic mass is 32.2. The minimum Gasteiger partial charge on any atom is -0.504 e. The van der Waals surface area contributed by atoms with Crippen molar-refractivity contribution < 1.29 is 31.0 Å². The van der Waals surface area contributed by atoms with Crippen LogP contribution in [-0.2, 0) is 20.2 Å². The minimum atomic E-state index is -4.78. The Balaban J connectivity index is 2.01. The van der Waals surface area contributed by atoms with Crippen molar-refractivity contribution in [2.45, 2.75) is 9.79 Å². The first-order valence-electron chi connectivity index (χ1n) is 8.70. The molecule has 0 bridgehead atoms. The number of hydrogen-bond donors (Lipinski definition) is 3. The molecule has 9 nitrogen and oxygen atoms in total. The Kier molecular flexibility index (Phi) is 4.98. The van der Waals surface area contributed by atoms with Crippen molar-refractivity contribution in [1.29, 1.82) is 0 Å². The van der Waals surface area contributed by atoms with Crippen LogP contribution in [0.25, 0.3) is 21.5 Å². The fraction of sp³-hybridized carbons (Fsp3) is 0. The van der Waals surface area contributed by atoms with Crippen LogP contribution in [0, 0.1) is 0 Å². The van der Waals surface area contributed by atoms with Crippen LogP contribution < -0.4 is 0 Å². The molecular formula is C20H14N2O7S2. The average Bonchev–Trinajstić information content (AvgIpc) is 2.70. The normalized spacial score (nSPS) is 12.7. The summed E-state index contributed by atoms with van der Waals surface area (Å²) in [6.45, 7) is 0. The maximum Gasteiger partial charge on any atom is 0.298 e. The number of benzene rings is 4. The number of phenolic OH excluding ortho intramolecular Hbond substituents is 1. The summed E-state index contributed by atoms with van der Waals surface area (Å²) in [5, 5.41) is 19.6. The second-order valence-electron chi connectivity index (χ2n) is 6.58. The van der Waals surface area contributed by atoms with E-state index >= 15 is 0 Å². The van der Waals surface area contributed by atoms with Crippen LogP contribution in [-0.4, -0.2) is 31.0 Å². The lowest BCUT2D eigenvalue weighted by atomic mass is 10.1. The molecule has 0 heterocycles. The molecule has 0 fully saturated rings. The van der Waals surface area contributed by atoms with Gasteiger partial charge in [0.1, 0.15) is 21.2 Å². The van der Waals surface area contributed by atoms with Gasteiger partial charge in [-0.25, -0.2) is 0 Å². The number of fused-ring (bicyclic) bond motifs is 2. The Morgan fingerprint density at radius 2 is 1.29 bits per heavy atom. The van der Waals surface area contributed by atoms with Crippen LogP contribution in [0.1, 0.15) is 0 Å². The van der Waals surface area contributed by atoms with E-state index in [0.29, 0.717) is 16.2 Å². The van der Waals surface area contributed by atoms with Crippen LogP contribution in [0.5, 0.6) is 5.75 Å². The Hall–Kier alpha value is -3.38. The molecular weight excluding hydrogens is 444 g/mol. The number of hydrogen-bond acceptors (Lipinski definition) is 7. The molecule has 4 rings (SSSR count).